The fraction of sp³-hybridized carbons (Fsp3) is 0.429. The van der Waals surface area contributed by atoms with Gasteiger partial charge < -0.3 is 13.7 Å². The summed E-state index contributed by atoms with van der Waals surface area (Å²) in [6.45, 7) is 8.15. The number of hydrogen-bond donors (Lipinski definition) is 1. The van der Waals surface area contributed by atoms with E-state index in [-0.39, 0.29) is 23.2 Å². The lowest BCUT2D eigenvalue weighted by molar-refractivity contribution is 0.00578. The van der Waals surface area contributed by atoms with Gasteiger partial charge in [-0.3, -0.25) is 0 Å². The molecule has 0 radical (unpaired) electrons. The van der Waals surface area contributed by atoms with Crippen LogP contribution in [0.15, 0.2) is 28.7 Å². The molecule has 1 aromatic carbocycles. The first-order valence-electron chi connectivity index (χ1n) is 6.80. The molecule has 0 bridgehead atoms. The maximum atomic E-state index is 6.02. The molecule has 2 heterocycles. The van der Waals surface area contributed by atoms with Gasteiger partial charge >= 0.3 is 7.12 Å². The number of nitrogens with zero attached hydrogens (tertiary/aromatic N) is 1. The molecule has 0 aliphatic carbocycles. The zero-order chi connectivity index (χ0) is 15.3. The fourth-order valence-corrected chi connectivity index (χ4v) is 2.24. The molecule has 1 fully saturated rings. The lowest BCUT2D eigenvalue weighted by Gasteiger charge is -2.32. The molecule has 21 heavy (non-hydrogen) atoms. The second kappa shape index (κ2) is 4.79. The molecule has 1 aromatic heterocycles. The van der Waals surface area contributed by atoms with Crippen LogP contribution < -0.4 is 5.46 Å². The van der Waals surface area contributed by atoms with Crippen LogP contribution in [0.2, 0.25) is 0 Å². The number of rotatable bonds is 2. The monoisotopic (exact) mass is 304 g/mol. The van der Waals surface area contributed by atoms with Crippen LogP contribution in [0, 0.1) is 4.84 Å². The molecule has 110 valence electrons. The molecular weight excluding hydrogens is 287 g/mol. The van der Waals surface area contributed by atoms with Crippen molar-refractivity contribution in [3.63, 3.8) is 0 Å². The van der Waals surface area contributed by atoms with E-state index in [1.807, 2.05) is 52.0 Å². The number of aromatic nitrogens is 2. The molecule has 0 spiro atoms. The SMILES string of the molecule is CC1(C)OB(c2ccc(-c3n[nH]c(=S)o3)cc2)OC1(C)C. The van der Waals surface area contributed by atoms with Crippen molar-refractivity contribution < 1.29 is 13.7 Å². The van der Waals surface area contributed by atoms with Crippen LogP contribution in [0.1, 0.15) is 27.7 Å². The van der Waals surface area contributed by atoms with Crippen LogP contribution in [-0.2, 0) is 9.31 Å². The van der Waals surface area contributed by atoms with E-state index in [1.165, 1.54) is 0 Å². The van der Waals surface area contributed by atoms with Gasteiger partial charge in [-0.1, -0.05) is 12.1 Å². The largest absolute Gasteiger partial charge is 0.494 e. The Hall–Kier alpha value is -1.44. The Morgan fingerprint density at radius 1 is 1.05 bits per heavy atom. The highest BCUT2D eigenvalue weighted by Gasteiger charge is 2.51. The van der Waals surface area contributed by atoms with Crippen molar-refractivity contribution in [1.29, 1.82) is 0 Å². The van der Waals surface area contributed by atoms with Gasteiger partial charge in [-0.2, -0.15) is 0 Å². The van der Waals surface area contributed by atoms with Crippen LogP contribution in [0.3, 0.4) is 0 Å². The van der Waals surface area contributed by atoms with Crippen molar-refractivity contribution in [1.82, 2.24) is 10.2 Å². The Labute approximate surface area is 128 Å². The van der Waals surface area contributed by atoms with Crippen molar-refractivity contribution in [3.05, 3.63) is 29.1 Å². The maximum absolute atomic E-state index is 6.02. The minimum Gasteiger partial charge on any atom is -0.409 e. The summed E-state index contributed by atoms with van der Waals surface area (Å²) in [6.07, 6.45) is 0. The first-order valence-corrected chi connectivity index (χ1v) is 7.21. The van der Waals surface area contributed by atoms with E-state index in [9.17, 15) is 0 Å². The van der Waals surface area contributed by atoms with Crippen LogP contribution >= 0.6 is 12.2 Å². The minimum atomic E-state index is -0.366. The average Bonchev–Trinajstić information content (AvgIpc) is 2.92. The number of hydrogen-bond acceptors (Lipinski definition) is 5. The molecular formula is C14H17BN2O3S. The zero-order valence-electron chi connectivity index (χ0n) is 12.5. The summed E-state index contributed by atoms with van der Waals surface area (Å²) in [5, 5.41) is 6.61. The highest BCUT2D eigenvalue weighted by molar-refractivity contribution is 7.71. The van der Waals surface area contributed by atoms with E-state index in [0.29, 0.717) is 5.89 Å². The van der Waals surface area contributed by atoms with E-state index in [4.69, 9.17) is 25.9 Å². The highest BCUT2D eigenvalue weighted by atomic mass is 32.1. The molecule has 2 aromatic rings. The van der Waals surface area contributed by atoms with E-state index in [1.54, 1.807) is 0 Å². The van der Waals surface area contributed by atoms with Crippen LogP contribution in [0.4, 0.5) is 0 Å². The average molecular weight is 304 g/mol. The van der Waals surface area contributed by atoms with Crippen molar-refractivity contribution in [2.75, 3.05) is 0 Å². The standard InChI is InChI=1S/C14H17BN2O3S/c1-13(2)14(3,4)20-15(19-13)10-7-5-9(6-8-10)11-16-17-12(21)18-11/h5-8H,1-4H3,(H,17,21). The van der Waals surface area contributed by atoms with Crippen LogP contribution in [-0.4, -0.2) is 28.5 Å². The van der Waals surface area contributed by atoms with Gasteiger partial charge in [0.05, 0.1) is 11.2 Å². The third-order valence-corrected chi connectivity index (χ3v) is 4.30. The van der Waals surface area contributed by atoms with Gasteiger partial charge in [-0.05, 0) is 57.5 Å². The zero-order valence-corrected chi connectivity index (χ0v) is 13.3. The predicted molar refractivity (Wildman–Crippen MR) is 82.8 cm³/mol. The molecule has 7 heteroatoms. The van der Waals surface area contributed by atoms with Gasteiger partial charge in [0.25, 0.3) is 4.84 Å². The summed E-state index contributed by atoms with van der Waals surface area (Å²) in [6, 6.07) is 7.72. The van der Waals surface area contributed by atoms with Crippen molar-refractivity contribution in [3.8, 4) is 11.5 Å². The Bertz CT molecular complexity index is 690. The summed E-state index contributed by atoms with van der Waals surface area (Å²) >= 11 is 4.87. The maximum Gasteiger partial charge on any atom is 0.494 e. The molecule has 1 N–H and O–H groups in total. The molecule has 5 nitrogen and oxygen atoms in total. The summed E-state index contributed by atoms with van der Waals surface area (Å²) in [7, 11) is -0.366. The van der Waals surface area contributed by atoms with E-state index in [0.717, 1.165) is 11.0 Å². The molecule has 1 aliphatic heterocycles. The quantitative estimate of drug-likeness (QED) is 0.683. The third kappa shape index (κ3) is 2.56. The van der Waals surface area contributed by atoms with Crippen molar-refractivity contribution >= 4 is 24.8 Å². The Morgan fingerprint density at radius 3 is 2.10 bits per heavy atom. The highest BCUT2D eigenvalue weighted by Crippen LogP contribution is 2.36. The van der Waals surface area contributed by atoms with Gasteiger partial charge in [0, 0.05) is 5.56 Å². The van der Waals surface area contributed by atoms with E-state index < -0.39 is 0 Å². The lowest BCUT2D eigenvalue weighted by Crippen LogP contribution is -2.41. The number of H-pyrrole nitrogens is 1. The van der Waals surface area contributed by atoms with E-state index in [2.05, 4.69) is 10.2 Å². The Balaban J connectivity index is 1.84. The summed E-state index contributed by atoms with van der Waals surface area (Å²) in [5.74, 6) is 0.473. The van der Waals surface area contributed by atoms with Crippen molar-refractivity contribution in [2.24, 2.45) is 0 Å². The molecule has 0 atom stereocenters. The molecule has 3 rings (SSSR count). The summed E-state index contributed by atoms with van der Waals surface area (Å²) in [5.41, 5.74) is 1.13. The van der Waals surface area contributed by atoms with Crippen LogP contribution in [0.25, 0.3) is 11.5 Å². The molecule has 1 saturated heterocycles. The second-order valence-electron chi connectivity index (χ2n) is 6.13. The topological polar surface area (TPSA) is 60.3 Å². The Kier molecular flexibility index (Phi) is 3.31. The van der Waals surface area contributed by atoms with E-state index >= 15 is 0 Å². The lowest BCUT2D eigenvalue weighted by atomic mass is 9.79. The summed E-state index contributed by atoms with van der Waals surface area (Å²) in [4.78, 5) is 0.264. The predicted octanol–water partition coefficient (Wildman–Crippen LogP) is 2.70. The molecule has 1 aliphatic rings. The van der Waals surface area contributed by atoms with Gasteiger partial charge in [0.2, 0.25) is 5.89 Å². The molecule has 0 amide bonds. The Morgan fingerprint density at radius 2 is 1.62 bits per heavy atom. The second-order valence-corrected chi connectivity index (χ2v) is 6.50. The normalized spacial score (nSPS) is 19.9. The first-order chi connectivity index (χ1) is 9.78. The third-order valence-electron chi connectivity index (χ3n) is 4.12. The van der Waals surface area contributed by atoms with Crippen LogP contribution in [0.5, 0.6) is 0 Å². The number of benzene rings is 1. The number of nitrogens with one attached hydrogen (secondary N) is 1. The van der Waals surface area contributed by atoms with Crippen molar-refractivity contribution in [2.45, 2.75) is 38.9 Å². The smallest absolute Gasteiger partial charge is 0.409 e. The molecule has 0 unspecified atom stereocenters. The van der Waals surface area contributed by atoms with Gasteiger partial charge in [-0.25, -0.2) is 5.10 Å². The fourth-order valence-electron chi connectivity index (χ4n) is 2.12. The van der Waals surface area contributed by atoms with Gasteiger partial charge in [-0.15, -0.1) is 5.10 Å². The van der Waals surface area contributed by atoms with Gasteiger partial charge in [0.1, 0.15) is 0 Å². The summed E-state index contributed by atoms with van der Waals surface area (Å²) < 4.78 is 17.3. The molecule has 0 saturated carbocycles. The van der Waals surface area contributed by atoms with Gasteiger partial charge in [0.15, 0.2) is 0 Å². The number of aromatic amines is 1. The minimum absolute atomic E-state index is 0.264. The first kappa shape index (κ1) is 14.5.